The molecule has 1 aliphatic heterocycles. The molecule has 1 amide bonds. The Morgan fingerprint density at radius 2 is 2.08 bits per heavy atom. The number of piperidine rings is 1. The molecule has 1 aliphatic rings. The van der Waals surface area contributed by atoms with Gasteiger partial charge in [0.25, 0.3) is 5.91 Å². The van der Waals surface area contributed by atoms with Gasteiger partial charge in [0.15, 0.2) is 0 Å². The summed E-state index contributed by atoms with van der Waals surface area (Å²) >= 11 is 0. The van der Waals surface area contributed by atoms with Gasteiger partial charge in [0.1, 0.15) is 12.3 Å². The standard InChI is InChI=1S/C17H16N4O3/c22-17(13-6-10-23-11-13)21-9-2-1-3-14(21)16-19-15(20-24-16)12-4-7-18-8-5-12/h4-8,10-11,14H,1-3,9H2/t14-/m0/s1. The van der Waals surface area contributed by atoms with Crippen molar-refractivity contribution in [3.05, 3.63) is 54.6 Å². The average molecular weight is 324 g/mol. The van der Waals surface area contributed by atoms with E-state index in [-0.39, 0.29) is 11.9 Å². The molecule has 1 atom stereocenters. The fraction of sp³-hybridized carbons (Fsp3) is 0.294. The van der Waals surface area contributed by atoms with Crippen LogP contribution in [0.25, 0.3) is 11.4 Å². The van der Waals surface area contributed by atoms with Crippen molar-refractivity contribution in [2.45, 2.75) is 25.3 Å². The molecule has 0 unspecified atom stereocenters. The lowest BCUT2D eigenvalue weighted by Crippen LogP contribution is -2.38. The van der Waals surface area contributed by atoms with E-state index in [1.165, 1.54) is 12.5 Å². The highest BCUT2D eigenvalue weighted by Crippen LogP contribution is 2.32. The molecule has 0 aromatic carbocycles. The topological polar surface area (TPSA) is 85.3 Å². The Kier molecular flexibility index (Phi) is 3.82. The van der Waals surface area contributed by atoms with E-state index in [0.717, 1.165) is 24.8 Å². The van der Waals surface area contributed by atoms with E-state index in [1.807, 2.05) is 12.1 Å². The number of nitrogens with zero attached hydrogens (tertiary/aromatic N) is 4. The largest absolute Gasteiger partial charge is 0.472 e. The first-order valence-electron chi connectivity index (χ1n) is 7.90. The fourth-order valence-corrected chi connectivity index (χ4v) is 2.97. The first-order chi connectivity index (χ1) is 11.8. The summed E-state index contributed by atoms with van der Waals surface area (Å²) in [6.45, 7) is 0.668. The molecule has 3 aromatic heterocycles. The summed E-state index contributed by atoms with van der Waals surface area (Å²) in [6.07, 6.45) is 9.12. The van der Waals surface area contributed by atoms with Crippen LogP contribution >= 0.6 is 0 Å². The van der Waals surface area contributed by atoms with Crippen LogP contribution in [0.2, 0.25) is 0 Å². The highest BCUT2D eigenvalue weighted by Gasteiger charge is 2.33. The maximum atomic E-state index is 12.7. The number of pyridine rings is 1. The Balaban J connectivity index is 1.62. The summed E-state index contributed by atoms with van der Waals surface area (Å²) in [6, 6.07) is 5.11. The fourth-order valence-electron chi connectivity index (χ4n) is 2.97. The maximum absolute atomic E-state index is 12.7. The number of carbonyl (C=O) groups excluding carboxylic acids is 1. The number of amides is 1. The molecule has 0 radical (unpaired) electrons. The lowest BCUT2D eigenvalue weighted by Gasteiger charge is -2.33. The third kappa shape index (κ3) is 2.68. The average Bonchev–Trinajstić information content (AvgIpc) is 3.34. The van der Waals surface area contributed by atoms with Gasteiger partial charge in [-0.1, -0.05) is 5.16 Å². The zero-order valence-electron chi connectivity index (χ0n) is 13.0. The second-order valence-electron chi connectivity index (χ2n) is 5.71. The van der Waals surface area contributed by atoms with E-state index in [1.54, 1.807) is 23.4 Å². The van der Waals surface area contributed by atoms with Gasteiger partial charge < -0.3 is 13.8 Å². The quantitative estimate of drug-likeness (QED) is 0.736. The first kappa shape index (κ1) is 14.6. The van der Waals surface area contributed by atoms with Crippen LogP contribution in [-0.4, -0.2) is 32.5 Å². The van der Waals surface area contributed by atoms with E-state index in [4.69, 9.17) is 8.94 Å². The number of hydrogen-bond acceptors (Lipinski definition) is 6. The number of hydrogen-bond donors (Lipinski definition) is 0. The molecule has 4 heterocycles. The second kappa shape index (κ2) is 6.27. The number of aromatic nitrogens is 3. The van der Waals surface area contributed by atoms with Crippen molar-refractivity contribution in [2.75, 3.05) is 6.54 Å². The molecule has 0 spiro atoms. The molecule has 7 heteroatoms. The van der Waals surface area contributed by atoms with E-state index in [2.05, 4.69) is 15.1 Å². The van der Waals surface area contributed by atoms with Crippen molar-refractivity contribution >= 4 is 5.91 Å². The van der Waals surface area contributed by atoms with Crippen molar-refractivity contribution < 1.29 is 13.7 Å². The minimum atomic E-state index is -0.204. The van der Waals surface area contributed by atoms with Crippen LogP contribution in [0.15, 0.2) is 52.1 Å². The van der Waals surface area contributed by atoms with Gasteiger partial charge in [-0.25, -0.2) is 0 Å². The predicted molar refractivity (Wildman–Crippen MR) is 83.9 cm³/mol. The molecular weight excluding hydrogens is 308 g/mol. The zero-order valence-corrected chi connectivity index (χ0v) is 13.0. The van der Waals surface area contributed by atoms with Crippen molar-refractivity contribution in [3.63, 3.8) is 0 Å². The monoisotopic (exact) mass is 324 g/mol. The molecule has 122 valence electrons. The smallest absolute Gasteiger partial charge is 0.257 e. The predicted octanol–water partition coefficient (Wildman–Crippen LogP) is 3.09. The molecule has 7 nitrogen and oxygen atoms in total. The van der Waals surface area contributed by atoms with Crippen LogP contribution < -0.4 is 0 Å². The Hall–Kier alpha value is -2.96. The summed E-state index contributed by atoms with van der Waals surface area (Å²) in [7, 11) is 0. The van der Waals surface area contributed by atoms with Gasteiger partial charge in [-0.05, 0) is 37.5 Å². The molecule has 0 N–H and O–H groups in total. The number of furan rings is 1. The molecule has 3 aromatic rings. The lowest BCUT2D eigenvalue weighted by atomic mass is 10.0. The normalized spacial score (nSPS) is 17.8. The van der Waals surface area contributed by atoms with Gasteiger partial charge in [-0.15, -0.1) is 0 Å². The first-order valence-corrected chi connectivity index (χ1v) is 7.90. The van der Waals surface area contributed by atoms with Crippen molar-refractivity contribution in [1.82, 2.24) is 20.0 Å². The Morgan fingerprint density at radius 1 is 1.21 bits per heavy atom. The van der Waals surface area contributed by atoms with Crippen LogP contribution in [0.1, 0.15) is 41.6 Å². The van der Waals surface area contributed by atoms with E-state index >= 15 is 0 Å². The van der Waals surface area contributed by atoms with Crippen molar-refractivity contribution in [1.29, 1.82) is 0 Å². The van der Waals surface area contributed by atoms with Gasteiger partial charge in [0.2, 0.25) is 11.7 Å². The van der Waals surface area contributed by atoms with E-state index < -0.39 is 0 Å². The summed E-state index contributed by atoms with van der Waals surface area (Å²) in [5, 5.41) is 4.05. The molecule has 0 saturated carbocycles. The van der Waals surface area contributed by atoms with Gasteiger partial charge in [0, 0.05) is 24.5 Å². The molecule has 1 fully saturated rings. The molecular formula is C17H16N4O3. The highest BCUT2D eigenvalue weighted by atomic mass is 16.5. The van der Waals surface area contributed by atoms with E-state index in [9.17, 15) is 4.79 Å². The third-order valence-electron chi connectivity index (χ3n) is 4.20. The summed E-state index contributed by atoms with van der Waals surface area (Å²) < 4.78 is 10.5. The van der Waals surface area contributed by atoms with Gasteiger partial charge in [0.05, 0.1) is 11.8 Å². The number of likely N-dealkylation sites (tertiary alicyclic amines) is 1. The highest BCUT2D eigenvalue weighted by molar-refractivity contribution is 5.94. The SMILES string of the molecule is O=C(c1ccoc1)N1CCCC[C@H]1c1nc(-c2ccncc2)no1. The zero-order chi connectivity index (χ0) is 16.4. The maximum Gasteiger partial charge on any atom is 0.257 e. The van der Waals surface area contributed by atoms with Crippen LogP contribution in [0.4, 0.5) is 0 Å². The van der Waals surface area contributed by atoms with Crippen molar-refractivity contribution in [3.8, 4) is 11.4 Å². The molecule has 0 bridgehead atoms. The van der Waals surface area contributed by atoms with Crippen LogP contribution in [0, 0.1) is 0 Å². The minimum Gasteiger partial charge on any atom is -0.472 e. The number of rotatable bonds is 3. The summed E-state index contributed by atoms with van der Waals surface area (Å²) in [4.78, 5) is 23.0. The Labute approximate surface area is 138 Å². The minimum absolute atomic E-state index is 0.0721. The number of carbonyl (C=O) groups is 1. The van der Waals surface area contributed by atoms with Crippen LogP contribution in [0.3, 0.4) is 0 Å². The van der Waals surface area contributed by atoms with Gasteiger partial charge in [-0.2, -0.15) is 4.98 Å². The van der Waals surface area contributed by atoms with Crippen molar-refractivity contribution in [2.24, 2.45) is 0 Å². The summed E-state index contributed by atoms with van der Waals surface area (Å²) in [5.41, 5.74) is 1.37. The van der Waals surface area contributed by atoms with Gasteiger partial charge in [-0.3, -0.25) is 9.78 Å². The third-order valence-corrected chi connectivity index (χ3v) is 4.20. The van der Waals surface area contributed by atoms with E-state index in [0.29, 0.717) is 23.8 Å². The van der Waals surface area contributed by atoms with Crippen LogP contribution in [0.5, 0.6) is 0 Å². The van der Waals surface area contributed by atoms with Crippen LogP contribution in [-0.2, 0) is 0 Å². The molecule has 1 saturated heterocycles. The van der Waals surface area contributed by atoms with Gasteiger partial charge >= 0.3 is 0 Å². The lowest BCUT2D eigenvalue weighted by molar-refractivity contribution is 0.0560. The molecule has 24 heavy (non-hydrogen) atoms. The molecule has 0 aliphatic carbocycles. The Bertz CT molecular complexity index is 814. The summed E-state index contributed by atoms with van der Waals surface area (Å²) in [5.74, 6) is 0.907. The molecule has 4 rings (SSSR count). The Morgan fingerprint density at radius 3 is 2.88 bits per heavy atom. The second-order valence-corrected chi connectivity index (χ2v) is 5.71.